The fourth-order valence-corrected chi connectivity index (χ4v) is 5.48. The van der Waals surface area contributed by atoms with Gasteiger partial charge in [0.05, 0.1) is 11.4 Å². The summed E-state index contributed by atoms with van der Waals surface area (Å²) in [6, 6.07) is 12.5. The number of hydrogen-bond acceptors (Lipinski definition) is 3. The largest absolute Gasteiger partial charge is 0.338 e. The summed E-state index contributed by atoms with van der Waals surface area (Å²) in [6.07, 6.45) is 4.84. The number of likely N-dealkylation sites (tertiary alicyclic amines) is 1. The van der Waals surface area contributed by atoms with Gasteiger partial charge in [-0.3, -0.25) is 14.6 Å². The fourth-order valence-electron chi connectivity index (χ4n) is 5.08. The third-order valence-corrected chi connectivity index (χ3v) is 7.88. The van der Waals surface area contributed by atoms with Crippen LogP contribution >= 0.6 is 23.2 Å². The molecule has 2 aromatic carbocycles. The van der Waals surface area contributed by atoms with Crippen LogP contribution in [0.2, 0.25) is 10.0 Å². The van der Waals surface area contributed by atoms with Crippen molar-refractivity contribution in [2.75, 3.05) is 18.0 Å². The van der Waals surface area contributed by atoms with Gasteiger partial charge in [0.2, 0.25) is 5.91 Å². The Bertz CT molecular complexity index is 1130. The molecule has 2 amide bonds. The first-order chi connectivity index (χ1) is 16.8. The minimum atomic E-state index is -0.631. The Labute approximate surface area is 218 Å². The number of carbonyl (C=O) groups is 2. The second-order valence-corrected chi connectivity index (χ2v) is 10.4. The van der Waals surface area contributed by atoms with Crippen molar-refractivity contribution in [3.8, 4) is 0 Å². The molecule has 5 nitrogen and oxygen atoms in total. The molecule has 2 aliphatic rings. The smallest absolute Gasteiger partial charge is 0.252 e. The van der Waals surface area contributed by atoms with Gasteiger partial charge in [0.15, 0.2) is 0 Å². The van der Waals surface area contributed by atoms with Crippen molar-refractivity contribution < 1.29 is 9.59 Å². The van der Waals surface area contributed by atoms with Gasteiger partial charge in [-0.15, -0.1) is 0 Å². The monoisotopic (exact) mass is 513 g/mol. The second kappa shape index (κ2) is 11.1. The molecule has 0 unspecified atom stereocenters. The van der Waals surface area contributed by atoms with Gasteiger partial charge in [0.1, 0.15) is 12.6 Å². The van der Waals surface area contributed by atoms with Crippen LogP contribution in [0.5, 0.6) is 0 Å². The summed E-state index contributed by atoms with van der Waals surface area (Å²) in [5.74, 6) is -0.195. The lowest BCUT2D eigenvalue weighted by Gasteiger charge is -2.37. The topological polar surface area (TPSA) is 53.0 Å². The standard InChI is InChI=1S/C28H33Cl2N3O2/c1-4-18(3)26-28(35)33(17-25(34)32-15-9-8-10-20(32)5-2)24-14-13-19(29)16-22(24)27(31-26)21-11-6-7-12-23(21)30/h6-7,11-14,16,18,20,26H,4-5,8-10,15,17H2,1-3H3/t18-,20+,26+/m0/s1. The molecular weight excluding hydrogens is 481 g/mol. The van der Waals surface area contributed by atoms with Crippen LogP contribution < -0.4 is 4.90 Å². The highest BCUT2D eigenvalue weighted by atomic mass is 35.5. The van der Waals surface area contributed by atoms with Gasteiger partial charge < -0.3 is 9.80 Å². The lowest BCUT2D eigenvalue weighted by atomic mass is 9.97. The number of carbonyl (C=O) groups excluding carboxylic acids is 2. The van der Waals surface area contributed by atoms with E-state index < -0.39 is 6.04 Å². The van der Waals surface area contributed by atoms with E-state index in [1.807, 2.05) is 55.1 Å². The zero-order valence-electron chi connectivity index (χ0n) is 20.6. The van der Waals surface area contributed by atoms with Gasteiger partial charge in [0.25, 0.3) is 5.91 Å². The molecule has 35 heavy (non-hydrogen) atoms. The molecule has 0 N–H and O–H groups in total. The minimum absolute atomic E-state index is 0.0117. The second-order valence-electron chi connectivity index (χ2n) is 9.52. The summed E-state index contributed by atoms with van der Waals surface area (Å²) in [5.41, 5.74) is 2.73. The Morgan fingerprint density at radius 2 is 1.89 bits per heavy atom. The van der Waals surface area contributed by atoms with Crippen molar-refractivity contribution in [1.29, 1.82) is 0 Å². The quantitative estimate of drug-likeness (QED) is 0.449. The zero-order chi connectivity index (χ0) is 25.1. The van der Waals surface area contributed by atoms with Gasteiger partial charge in [-0.25, -0.2) is 0 Å². The summed E-state index contributed by atoms with van der Waals surface area (Å²) in [6.45, 7) is 6.92. The summed E-state index contributed by atoms with van der Waals surface area (Å²) in [4.78, 5) is 36.2. The van der Waals surface area contributed by atoms with Gasteiger partial charge in [-0.05, 0) is 55.9 Å². The van der Waals surface area contributed by atoms with E-state index in [1.54, 1.807) is 11.0 Å². The molecular formula is C28H33Cl2N3O2. The zero-order valence-corrected chi connectivity index (χ0v) is 22.1. The van der Waals surface area contributed by atoms with E-state index >= 15 is 0 Å². The van der Waals surface area contributed by atoms with Crippen LogP contribution in [0, 0.1) is 5.92 Å². The number of benzene rings is 2. The van der Waals surface area contributed by atoms with Crippen molar-refractivity contribution in [3.63, 3.8) is 0 Å². The Kier molecular flexibility index (Phi) is 8.18. The van der Waals surface area contributed by atoms with Gasteiger partial charge in [-0.2, -0.15) is 0 Å². The average Bonchev–Trinajstić information content (AvgIpc) is 2.98. The van der Waals surface area contributed by atoms with Gasteiger partial charge in [0, 0.05) is 33.8 Å². The fraction of sp³-hybridized carbons (Fsp3) is 0.464. The van der Waals surface area contributed by atoms with E-state index in [-0.39, 0.29) is 30.3 Å². The summed E-state index contributed by atoms with van der Waals surface area (Å²) < 4.78 is 0. The van der Waals surface area contributed by atoms with E-state index in [9.17, 15) is 9.59 Å². The number of aliphatic imine (C=N–C) groups is 1. The van der Waals surface area contributed by atoms with Crippen molar-refractivity contribution in [2.45, 2.75) is 65.0 Å². The molecule has 186 valence electrons. The number of rotatable bonds is 6. The first kappa shape index (κ1) is 25.7. The first-order valence-corrected chi connectivity index (χ1v) is 13.3. The van der Waals surface area contributed by atoms with Crippen LogP contribution in [-0.2, 0) is 9.59 Å². The summed E-state index contributed by atoms with van der Waals surface area (Å²) in [7, 11) is 0. The molecule has 2 aliphatic heterocycles. The molecule has 1 saturated heterocycles. The molecule has 0 aliphatic carbocycles. The van der Waals surface area contributed by atoms with Crippen LogP contribution in [0.4, 0.5) is 5.69 Å². The SMILES string of the molecule is CC[C@@H]1CCCCN1C(=O)CN1C(=O)[C@@H]([C@@H](C)CC)N=C(c2ccccc2Cl)c2cc(Cl)ccc21. The van der Waals surface area contributed by atoms with Crippen molar-refractivity contribution >= 4 is 46.4 Å². The molecule has 2 heterocycles. The Morgan fingerprint density at radius 3 is 2.60 bits per heavy atom. The van der Waals surface area contributed by atoms with Crippen LogP contribution in [0.1, 0.15) is 64.0 Å². The third kappa shape index (κ3) is 5.26. The highest BCUT2D eigenvalue weighted by molar-refractivity contribution is 6.37. The molecule has 1 fully saturated rings. The molecule has 0 aromatic heterocycles. The van der Waals surface area contributed by atoms with Crippen molar-refractivity contribution in [3.05, 3.63) is 63.6 Å². The van der Waals surface area contributed by atoms with Crippen molar-refractivity contribution in [1.82, 2.24) is 4.90 Å². The molecule has 4 rings (SSSR count). The number of hydrogen-bond donors (Lipinski definition) is 0. The Hall–Kier alpha value is -2.37. The van der Waals surface area contributed by atoms with Gasteiger partial charge >= 0.3 is 0 Å². The lowest BCUT2D eigenvalue weighted by molar-refractivity contribution is -0.135. The number of benzodiazepines with no additional fused rings is 1. The predicted octanol–water partition coefficient (Wildman–Crippen LogP) is 6.38. The number of amides is 2. The number of piperidine rings is 1. The summed E-state index contributed by atoms with van der Waals surface area (Å²) in [5, 5.41) is 1.09. The minimum Gasteiger partial charge on any atom is -0.338 e. The number of halogens is 2. The molecule has 7 heteroatoms. The maximum atomic E-state index is 14.0. The van der Waals surface area contributed by atoms with Crippen LogP contribution in [0.15, 0.2) is 47.5 Å². The molecule has 0 spiro atoms. The number of fused-ring (bicyclic) bond motifs is 1. The molecule has 2 aromatic rings. The maximum Gasteiger partial charge on any atom is 0.252 e. The van der Waals surface area contributed by atoms with E-state index in [0.717, 1.165) is 44.2 Å². The Balaban J connectivity index is 1.83. The molecule has 3 atom stereocenters. The van der Waals surface area contributed by atoms with Crippen LogP contribution in [0.3, 0.4) is 0 Å². The van der Waals surface area contributed by atoms with E-state index in [4.69, 9.17) is 28.2 Å². The average molecular weight is 514 g/mol. The highest BCUT2D eigenvalue weighted by Crippen LogP contribution is 2.34. The molecule has 0 saturated carbocycles. The first-order valence-electron chi connectivity index (χ1n) is 12.6. The van der Waals surface area contributed by atoms with Gasteiger partial charge in [-0.1, -0.05) is 68.6 Å². The predicted molar refractivity (Wildman–Crippen MR) is 144 cm³/mol. The summed E-state index contributed by atoms with van der Waals surface area (Å²) >= 11 is 13.0. The van der Waals surface area contributed by atoms with Crippen LogP contribution in [0.25, 0.3) is 0 Å². The molecule has 0 radical (unpaired) electrons. The number of anilines is 1. The molecule has 0 bridgehead atoms. The highest BCUT2D eigenvalue weighted by Gasteiger charge is 2.37. The van der Waals surface area contributed by atoms with Crippen LogP contribution in [-0.4, -0.2) is 47.6 Å². The van der Waals surface area contributed by atoms with E-state index in [0.29, 0.717) is 27.0 Å². The van der Waals surface area contributed by atoms with E-state index in [2.05, 4.69) is 6.92 Å². The third-order valence-electron chi connectivity index (χ3n) is 7.32. The number of nitrogens with zero attached hydrogens (tertiary/aromatic N) is 3. The lowest BCUT2D eigenvalue weighted by Crippen LogP contribution is -2.51. The van der Waals surface area contributed by atoms with E-state index in [1.165, 1.54) is 0 Å². The van der Waals surface area contributed by atoms with Crippen molar-refractivity contribution in [2.24, 2.45) is 10.9 Å². The Morgan fingerprint density at radius 1 is 1.11 bits per heavy atom. The normalized spacial score (nSPS) is 21.3. The maximum absolute atomic E-state index is 14.0.